The molecule has 2 aromatic rings. The van der Waals surface area contributed by atoms with Crippen LogP contribution in [0.5, 0.6) is 0 Å². The van der Waals surface area contributed by atoms with Crippen LogP contribution in [0.1, 0.15) is 30.4 Å². The van der Waals surface area contributed by atoms with Crippen molar-refractivity contribution in [2.75, 3.05) is 31.5 Å². The predicted octanol–water partition coefficient (Wildman–Crippen LogP) is -0.566. The minimum absolute atomic E-state index is 0.0650. The predicted molar refractivity (Wildman–Crippen MR) is 148 cm³/mol. The number of carbonyl (C=O) groups excluding carboxylic acids is 3. The van der Waals surface area contributed by atoms with E-state index in [1.165, 1.54) is 23.1 Å². The van der Waals surface area contributed by atoms with Crippen LogP contribution < -0.4 is 33.3 Å². The largest absolute Gasteiger partial charge is 0.488 e. The smallest absolute Gasteiger partial charge is 0.423 e. The molecule has 0 aliphatic heterocycles. The molecule has 0 saturated carbocycles. The van der Waals surface area contributed by atoms with Crippen LogP contribution in [0.3, 0.4) is 0 Å². The molecule has 0 spiro atoms. The Kier molecular flexibility index (Phi) is 13.3. The Bertz CT molecular complexity index is 1200. The Morgan fingerprint density at radius 1 is 0.952 bits per heavy atom. The topological polar surface area (TPSA) is 197 Å². The fourth-order valence-electron chi connectivity index (χ4n) is 3.97. The first-order chi connectivity index (χ1) is 19.8. The Morgan fingerprint density at radius 3 is 2.10 bits per heavy atom. The number of hydrogen-bond acceptors (Lipinski definition) is 8. The molecule has 0 fully saturated rings. The number of anilines is 1. The summed E-state index contributed by atoms with van der Waals surface area (Å²) in [6, 6.07) is 4.84. The van der Waals surface area contributed by atoms with Gasteiger partial charge in [-0.2, -0.15) is 13.2 Å². The summed E-state index contributed by atoms with van der Waals surface area (Å²) in [6.45, 7) is 0.993. The summed E-state index contributed by atoms with van der Waals surface area (Å²) in [6.07, 6.45) is -4.71. The molecule has 42 heavy (non-hydrogen) atoms. The normalized spacial score (nSPS) is 12.8. The van der Waals surface area contributed by atoms with Gasteiger partial charge in [0.05, 0.1) is 17.3 Å². The number of halogens is 4. The standard InChI is InChI=1S/C26H35BF4N6O5/c28-19-15-18(27(41)42)6-9-21(19)35-25(40)22(8-3-16-1-4-17(5-2-16)26(29,30)31)36-24(39)20(34)7-10-23(38)37(13-11-32)14-12-33/h1-2,4-6,9,15,20,22,41-42H,3,7-8,10-14,32-34H2,(H,35,40)(H,36,39). The number of nitrogens with two attached hydrogens (primary N) is 3. The number of aryl methyl sites for hydroxylation is 1. The third kappa shape index (κ3) is 10.7. The Hall–Kier alpha value is -3.57. The van der Waals surface area contributed by atoms with Gasteiger partial charge in [-0.25, -0.2) is 4.39 Å². The van der Waals surface area contributed by atoms with Gasteiger partial charge >= 0.3 is 13.3 Å². The SMILES string of the molecule is NCCN(CCN)C(=O)CCC(N)C(=O)NC(CCc1ccc(C(F)(F)F)cc1)C(=O)Nc1ccc(B(O)O)cc1F. The van der Waals surface area contributed by atoms with Gasteiger partial charge in [-0.3, -0.25) is 14.4 Å². The van der Waals surface area contributed by atoms with Gasteiger partial charge in [0.1, 0.15) is 11.9 Å². The highest BCUT2D eigenvalue weighted by atomic mass is 19.4. The molecule has 2 rings (SSSR count). The van der Waals surface area contributed by atoms with Crippen LogP contribution in [0, 0.1) is 5.82 Å². The van der Waals surface area contributed by atoms with Crippen molar-refractivity contribution in [2.45, 2.75) is 43.9 Å². The molecule has 0 radical (unpaired) electrons. The van der Waals surface area contributed by atoms with Crippen LogP contribution >= 0.6 is 0 Å². The number of hydrogen-bond donors (Lipinski definition) is 7. The zero-order valence-electron chi connectivity index (χ0n) is 22.7. The molecule has 2 atom stereocenters. The molecule has 3 amide bonds. The summed E-state index contributed by atoms with van der Waals surface area (Å²) in [5.41, 5.74) is 16.1. The van der Waals surface area contributed by atoms with E-state index in [4.69, 9.17) is 17.2 Å². The third-order valence-electron chi connectivity index (χ3n) is 6.34. The van der Waals surface area contributed by atoms with E-state index in [1.807, 2.05) is 0 Å². The summed E-state index contributed by atoms with van der Waals surface area (Å²) in [4.78, 5) is 39.8. The molecule has 0 bridgehead atoms. The number of benzene rings is 2. The Morgan fingerprint density at radius 2 is 1.57 bits per heavy atom. The van der Waals surface area contributed by atoms with Gasteiger partial charge < -0.3 is 42.8 Å². The van der Waals surface area contributed by atoms with Crippen LogP contribution in [0.2, 0.25) is 0 Å². The Labute approximate surface area is 240 Å². The van der Waals surface area contributed by atoms with E-state index >= 15 is 0 Å². The van der Waals surface area contributed by atoms with Crippen molar-refractivity contribution in [3.05, 3.63) is 59.4 Å². The number of rotatable bonds is 15. The van der Waals surface area contributed by atoms with Gasteiger partial charge in [-0.15, -0.1) is 0 Å². The molecule has 0 aromatic heterocycles. The fraction of sp³-hybridized carbons (Fsp3) is 0.423. The molecule has 11 nitrogen and oxygen atoms in total. The second-order valence-corrected chi connectivity index (χ2v) is 9.50. The lowest BCUT2D eigenvalue weighted by molar-refractivity contribution is -0.137. The van der Waals surface area contributed by atoms with Crippen molar-refractivity contribution < 1.29 is 42.0 Å². The highest BCUT2D eigenvalue weighted by Crippen LogP contribution is 2.29. The van der Waals surface area contributed by atoms with Gasteiger partial charge in [-0.1, -0.05) is 18.2 Å². The van der Waals surface area contributed by atoms with E-state index in [0.29, 0.717) is 5.56 Å². The highest BCUT2D eigenvalue weighted by molar-refractivity contribution is 6.58. The average Bonchev–Trinajstić information content (AvgIpc) is 2.94. The van der Waals surface area contributed by atoms with Gasteiger partial charge in [0.2, 0.25) is 17.7 Å². The molecule has 230 valence electrons. The molecule has 2 aromatic carbocycles. The summed E-state index contributed by atoms with van der Waals surface area (Å²) < 4.78 is 53.2. The second kappa shape index (κ2) is 16.2. The molecular weight excluding hydrogens is 563 g/mol. The highest BCUT2D eigenvalue weighted by Gasteiger charge is 2.30. The molecule has 10 N–H and O–H groups in total. The number of nitrogens with zero attached hydrogens (tertiary/aromatic N) is 1. The molecule has 0 heterocycles. The number of carbonyl (C=O) groups is 3. The summed E-state index contributed by atoms with van der Waals surface area (Å²) in [5, 5.41) is 23.2. The van der Waals surface area contributed by atoms with E-state index in [9.17, 15) is 42.0 Å². The number of amides is 3. The first kappa shape index (κ1) is 34.6. The quantitative estimate of drug-likeness (QED) is 0.105. The average molecular weight is 598 g/mol. The van der Waals surface area contributed by atoms with Crippen molar-refractivity contribution in [2.24, 2.45) is 17.2 Å². The Balaban J connectivity index is 2.14. The van der Waals surface area contributed by atoms with Gasteiger partial charge in [-0.05, 0) is 54.6 Å². The molecule has 0 aliphatic rings. The van der Waals surface area contributed by atoms with Gasteiger partial charge in [0.25, 0.3) is 0 Å². The van der Waals surface area contributed by atoms with Crippen molar-refractivity contribution in [1.82, 2.24) is 10.2 Å². The molecule has 0 aliphatic carbocycles. The van der Waals surface area contributed by atoms with Crippen molar-refractivity contribution in [3.8, 4) is 0 Å². The molecule has 16 heteroatoms. The number of alkyl halides is 3. The summed E-state index contributed by atoms with van der Waals surface area (Å²) in [5.74, 6) is -2.92. The van der Waals surface area contributed by atoms with Gasteiger partial charge in [0.15, 0.2) is 0 Å². The van der Waals surface area contributed by atoms with Crippen molar-refractivity contribution in [1.29, 1.82) is 0 Å². The minimum atomic E-state index is -4.52. The molecule has 2 unspecified atom stereocenters. The minimum Gasteiger partial charge on any atom is -0.423 e. The van der Waals surface area contributed by atoms with Crippen LogP contribution in [0.15, 0.2) is 42.5 Å². The zero-order valence-corrected chi connectivity index (χ0v) is 22.7. The zero-order chi connectivity index (χ0) is 31.4. The third-order valence-corrected chi connectivity index (χ3v) is 6.34. The lowest BCUT2D eigenvalue weighted by atomic mass is 9.80. The van der Waals surface area contributed by atoms with E-state index in [1.54, 1.807) is 0 Å². The van der Waals surface area contributed by atoms with Crippen LogP contribution in [0.25, 0.3) is 0 Å². The maximum absolute atomic E-state index is 14.5. The molecule has 0 saturated heterocycles. The van der Waals surface area contributed by atoms with E-state index in [2.05, 4.69) is 10.6 Å². The summed E-state index contributed by atoms with van der Waals surface area (Å²) in [7, 11) is -1.94. The van der Waals surface area contributed by atoms with Crippen LogP contribution in [-0.4, -0.2) is 78.1 Å². The lowest BCUT2D eigenvalue weighted by Gasteiger charge is -2.23. The first-order valence-electron chi connectivity index (χ1n) is 13.1. The maximum atomic E-state index is 14.5. The summed E-state index contributed by atoms with van der Waals surface area (Å²) >= 11 is 0. The van der Waals surface area contributed by atoms with Crippen molar-refractivity contribution >= 4 is 36.0 Å². The molecular formula is C26H35BF4N6O5. The fourth-order valence-corrected chi connectivity index (χ4v) is 3.97. The first-order valence-corrected chi connectivity index (χ1v) is 13.1. The second-order valence-electron chi connectivity index (χ2n) is 9.50. The van der Waals surface area contributed by atoms with E-state index in [-0.39, 0.29) is 68.9 Å². The van der Waals surface area contributed by atoms with E-state index in [0.717, 1.165) is 24.3 Å². The van der Waals surface area contributed by atoms with Crippen LogP contribution in [-0.2, 0) is 27.0 Å². The van der Waals surface area contributed by atoms with Gasteiger partial charge in [0, 0.05) is 32.6 Å². The lowest BCUT2D eigenvalue weighted by Crippen LogP contribution is -2.50. The van der Waals surface area contributed by atoms with E-state index < -0.39 is 48.6 Å². The monoisotopic (exact) mass is 598 g/mol. The van der Waals surface area contributed by atoms with Crippen molar-refractivity contribution in [3.63, 3.8) is 0 Å². The maximum Gasteiger partial charge on any atom is 0.488 e. The number of nitrogens with one attached hydrogen (secondary N) is 2. The van der Waals surface area contributed by atoms with Crippen LogP contribution in [0.4, 0.5) is 23.2 Å².